The Morgan fingerprint density at radius 3 is 3.00 bits per heavy atom. The van der Waals surface area contributed by atoms with Gasteiger partial charge < -0.3 is 5.32 Å². The van der Waals surface area contributed by atoms with Crippen molar-refractivity contribution >= 4 is 5.82 Å². The molecule has 0 aliphatic carbocycles. The zero-order valence-electron chi connectivity index (χ0n) is 9.45. The Kier molecular flexibility index (Phi) is 4.89. The second kappa shape index (κ2) is 6.48. The summed E-state index contributed by atoms with van der Waals surface area (Å²) in [5.41, 5.74) is 1.57. The Morgan fingerprint density at radius 1 is 1.50 bits per heavy atom. The van der Waals surface area contributed by atoms with Gasteiger partial charge in [0.05, 0.1) is 5.56 Å². The van der Waals surface area contributed by atoms with Gasteiger partial charge in [-0.3, -0.25) is 0 Å². The lowest BCUT2D eigenvalue weighted by Crippen LogP contribution is -2.05. The molecule has 3 nitrogen and oxygen atoms in total. The first-order valence-corrected chi connectivity index (χ1v) is 5.32. The lowest BCUT2D eigenvalue weighted by Gasteiger charge is -2.07. The maximum Gasteiger partial charge on any atom is 0.144 e. The van der Waals surface area contributed by atoms with Crippen molar-refractivity contribution in [3.8, 4) is 18.4 Å². The topological polar surface area (TPSA) is 48.7 Å². The first-order valence-electron chi connectivity index (χ1n) is 5.32. The average Bonchev–Trinajstić information content (AvgIpc) is 2.29. The van der Waals surface area contributed by atoms with Crippen molar-refractivity contribution in [2.24, 2.45) is 0 Å². The Hall–Kier alpha value is -2.00. The van der Waals surface area contributed by atoms with E-state index in [1.807, 2.05) is 13.0 Å². The third-order valence-corrected chi connectivity index (χ3v) is 2.31. The van der Waals surface area contributed by atoms with Crippen LogP contribution in [0.15, 0.2) is 12.3 Å². The molecule has 3 heteroatoms. The van der Waals surface area contributed by atoms with Gasteiger partial charge in [0.1, 0.15) is 11.9 Å². The third kappa shape index (κ3) is 3.29. The van der Waals surface area contributed by atoms with E-state index in [-0.39, 0.29) is 0 Å². The Morgan fingerprint density at radius 2 is 2.31 bits per heavy atom. The standard InChI is InChI=1S/C13H15N3/c1-3-4-5-6-8-15-13-12(10-14)11(2)7-9-16-13/h1,7,9H,4-6,8H2,2H3,(H,15,16). The molecule has 0 spiro atoms. The summed E-state index contributed by atoms with van der Waals surface area (Å²) in [5.74, 6) is 3.27. The summed E-state index contributed by atoms with van der Waals surface area (Å²) < 4.78 is 0. The molecule has 0 aliphatic heterocycles. The second-order valence-electron chi connectivity index (χ2n) is 3.55. The van der Waals surface area contributed by atoms with Gasteiger partial charge in [0.2, 0.25) is 0 Å². The summed E-state index contributed by atoms with van der Waals surface area (Å²) in [4.78, 5) is 4.15. The molecule has 1 N–H and O–H groups in total. The minimum absolute atomic E-state index is 0.624. The van der Waals surface area contributed by atoms with Crippen molar-refractivity contribution in [1.82, 2.24) is 4.98 Å². The highest BCUT2D eigenvalue weighted by Crippen LogP contribution is 2.14. The van der Waals surface area contributed by atoms with Gasteiger partial charge in [0.25, 0.3) is 0 Å². The molecule has 0 saturated heterocycles. The van der Waals surface area contributed by atoms with E-state index >= 15 is 0 Å². The van der Waals surface area contributed by atoms with Gasteiger partial charge in [0, 0.05) is 19.2 Å². The lowest BCUT2D eigenvalue weighted by molar-refractivity contribution is 0.787. The number of nitrogens with one attached hydrogen (secondary N) is 1. The van der Waals surface area contributed by atoms with Crippen LogP contribution in [0.25, 0.3) is 0 Å². The first-order chi connectivity index (χ1) is 7.79. The number of terminal acetylenes is 1. The van der Waals surface area contributed by atoms with E-state index in [1.54, 1.807) is 6.20 Å². The van der Waals surface area contributed by atoms with Gasteiger partial charge in [-0.2, -0.15) is 5.26 Å². The molecule has 0 aromatic carbocycles. The van der Waals surface area contributed by atoms with E-state index in [1.165, 1.54) is 0 Å². The fourth-order valence-corrected chi connectivity index (χ4v) is 1.39. The number of anilines is 1. The molecule has 0 saturated carbocycles. The average molecular weight is 213 g/mol. The molecule has 0 fully saturated rings. The van der Waals surface area contributed by atoms with E-state index in [9.17, 15) is 0 Å². The van der Waals surface area contributed by atoms with Crippen molar-refractivity contribution < 1.29 is 0 Å². The predicted molar refractivity (Wildman–Crippen MR) is 64.9 cm³/mol. The van der Waals surface area contributed by atoms with Gasteiger partial charge in [-0.1, -0.05) is 0 Å². The molecule has 16 heavy (non-hydrogen) atoms. The monoisotopic (exact) mass is 213 g/mol. The number of pyridine rings is 1. The van der Waals surface area contributed by atoms with Gasteiger partial charge in [-0.15, -0.1) is 12.3 Å². The van der Waals surface area contributed by atoms with Gasteiger partial charge in [-0.05, 0) is 31.4 Å². The molecule has 1 heterocycles. The molecule has 1 aromatic rings. The molecule has 1 rings (SSSR count). The van der Waals surface area contributed by atoms with E-state index in [2.05, 4.69) is 22.3 Å². The number of hydrogen-bond acceptors (Lipinski definition) is 3. The third-order valence-electron chi connectivity index (χ3n) is 2.31. The molecule has 0 radical (unpaired) electrons. The van der Waals surface area contributed by atoms with Crippen molar-refractivity contribution in [3.05, 3.63) is 23.4 Å². The highest BCUT2D eigenvalue weighted by atomic mass is 15.0. The molecule has 0 unspecified atom stereocenters. The van der Waals surface area contributed by atoms with Gasteiger partial charge >= 0.3 is 0 Å². The van der Waals surface area contributed by atoms with Crippen molar-refractivity contribution in [3.63, 3.8) is 0 Å². The van der Waals surface area contributed by atoms with Crippen molar-refractivity contribution in [2.45, 2.75) is 26.2 Å². The Balaban J connectivity index is 2.52. The fourth-order valence-electron chi connectivity index (χ4n) is 1.39. The normalized spacial score (nSPS) is 9.19. The molecule has 0 atom stereocenters. The van der Waals surface area contributed by atoms with Gasteiger partial charge in [-0.25, -0.2) is 4.98 Å². The Labute approximate surface area is 96.5 Å². The minimum Gasteiger partial charge on any atom is -0.369 e. The lowest BCUT2D eigenvalue weighted by atomic mass is 10.1. The van der Waals surface area contributed by atoms with Crippen LogP contribution in [0.1, 0.15) is 30.4 Å². The van der Waals surface area contributed by atoms with Crippen molar-refractivity contribution in [1.29, 1.82) is 5.26 Å². The molecule has 0 aliphatic rings. The van der Waals surface area contributed by atoms with Crippen LogP contribution < -0.4 is 5.32 Å². The number of aromatic nitrogens is 1. The number of aryl methyl sites for hydroxylation is 1. The molecule has 1 aromatic heterocycles. The molecule has 0 bridgehead atoms. The SMILES string of the molecule is C#CCCCCNc1nccc(C)c1C#N. The van der Waals surface area contributed by atoms with E-state index in [4.69, 9.17) is 11.7 Å². The summed E-state index contributed by atoms with van der Waals surface area (Å²) in [6, 6.07) is 3.99. The second-order valence-corrected chi connectivity index (χ2v) is 3.55. The van der Waals surface area contributed by atoms with Crippen molar-refractivity contribution in [2.75, 3.05) is 11.9 Å². The van der Waals surface area contributed by atoms with Gasteiger partial charge in [0.15, 0.2) is 0 Å². The summed E-state index contributed by atoms with van der Waals surface area (Å²) in [6.45, 7) is 2.70. The molecule has 82 valence electrons. The van der Waals surface area contributed by atoms with E-state index in [0.717, 1.165) is 31.4 Å². The van der Waals surface area contributed by atoms with E-state index in [0.29, 0.717) is 11.4 Å². The van der Waals surface area contributed by atoms with Crippen LogP contribution in [0.3, 0.4) is 0 Å². The summed E-state index contributed by atoms with van der Waals surface area (Å²) in [7, 11) is 0. The molecular weight excluding hydrogens is 198 g/mol. The summed E-state index contributed by atoms with van der Waals surface area (Å²) in [6.07, 6.45) is 9.66. The number of rotatable bonds is 5. The zero-order valence-corrected chi connectivity index (χ0v) is 9.45. The number of nitrogens with zero attached hydrogens (tertiary/aromatic N) is 2. The van der Waals surface area contributed by atoms with Crippen LogP contribution in [0.4, 0.5) is 5.82 Å². The first kappa shape index (κ1) is 12.1. The van der Waals surface area contributed by atoms with E-state index < -0.39 is 0 Å². The number of nitriles is 1. The largest absolute Gasteiger partial charge is 0.369 e. The van der Waals surface area contributed by atoms with Crippen LogP contribution in [0.5, 0.6) is 0 Å². The Bertz CT molecular complexity index is 424. The maximum atomic E-state index is 8.98. The van der Waals surface area contributed by atoms with Crippen LogP contribution in [0.2, 0.25) is 0 Å². The quantitative estimate of drug-likeness (QED) is 0.603. The highest BCUT2D eigenvalue weighted by molar-refractivity contribution is 5.55. The fraction of sp³-hybridized carbons (Fsp3) is 0.385. The predicted octanol–water partition coefficient (Wildman–Crippen LogP) is 2.48. The minimum atomic E-state index is 0.624. The molecular formula is C13H15N3. The number of unbranched alkanes of at least 4 members (excludes halogenated alkanes) is 2. The number of hydrogen-bond donors (Lipinski definition) is 1. The van der Waals surface area contributed by atoms with Crippen LogP contribution in [-0.4, -0.2) is 11.5 Å². The summed E-state index contributed by atoms with van der Waals surface area (Å²) >= 11 is 0. The highest BCUT2D eigenvalue weighted by Gasteiger charge is 2.04. The van der Waals surface area contributed by atoms with Crippen LogP contribution >= 0.6 is 0 Å². The van der Waals surface area contributed by atoms with Crippen LogP contribution in [0, 0.1) is 30.6 Å². The maximum absolute atomic E-state index is 8.98. The zero-order chi connectivity index (χ0) is 11.8. The summed E-state index contributed by atoms with van der Waals surface area (Å²) in [5, 5.41) is 12.1. The van der Waals surface area contributed by atoms with Crippen LogP contribution in [-0.2, 0) is 0 Å². The smallest absolute Gasteiger partial charge is 0.144 e. The molecule has 0 amide bonds.